The van der Waals surface area contributed by atoms with Gasteiger partial charge in [0.05, 0.1) is 0 Å². The first-order valence-corrected chi connectivity index (χ1v) is 5.85. The number of nitrogens with one attached hydrogen (secondary N) is 1. The van der Waals surface area contributed by atoms with Gasteiger partial charge in [0.2, 0.25) is 5.95 Å². The van der Waals surface area contributed by atoms with Crippen LogP contribution in [0.3, 0.4) is 0 Å². The summed E-state index contributed by atoms with van der Waals surface area (Å²) >= 11 is 0. The second kappa shape index (κ2) is 4.25. The molecule has 92 valence electrons. The molecule has 1 aliphatic rings. The van der Waals surface area contributed by atoms with Gasteiger partial charge in [-0.3, -0.25) is 4.79 Å². The summed E-state index contributed by atoms with van der Waals surface area (Å²) < 4.78 is 15.6. The zero-order valence-corrected chi connectivity index (χ0v) is 9.69. The van der Waals surface area contributed by atoms with Crippen molar-refractivity contribution in [3.05, 3.63) is 35.8 Å². The molecular formula is C13H12FN3O. The minimum Gasteiger partial charge on any atom is -0.356 e. The maximum Gasteiger partial charge on any atom is 0.203 e. The number of carbonyl (C=O) groups is 1. The third-order valence-electron chi connectivity index (χ3n) is 3.09. The molecule has 0 spiro atoms. The Hall–Kier alpha value is -2.17. The predicted octanol–water partition coefficient (Wildman–Crippen LogP) is 2.32. The van der Waals surface area contributed by atoms with Gasteiger partial charge in [0.25, 0.3) is 0 Å². The molecule has 0 aliphatic carbocycles. The lowest BCUT2D eigenvalue weighted by molar-refractivity contribution is 0.111. The molecule has 0 bridgehead atoms. The van der Waals surface area contributed by atoms with E-state index in [2.05, 4.69) is 10.3 Å². The molecular weight excluding hydrogens is 233 g/mol. The van der Waals surface area contributed by atoms with E-state index in [0.717, 1.165) is 25.8 Å². The van der Waals surface area contributed by atoms with Gasteiger partial charge in [-0.15, -0.1) is 0 Å². The molecule has 4 nitrogen and oxygen atoms in total. The van der Waals surface area contributed by atoms with Gasteiger partial charge < -0.3 is 9.88 Å². The molecule has 1 aliphatic heterocycles. The van der Waals surface area contributed by atoms with Gasteiger partial charge in [-0.1, -0.05) is 12.1 Å². The predicted molar refractivity (Wildman–Crippen MR) is 66.1 cm³/mol. The van der Waals surface area contributed by atoms with E-state index in [1.54, 1.807) is 22.8 Å². The average Bonchev–Trinajstić information content (AvgIpc) is 2.77. The summed E-state index contributed by atoms with van der Waals surface area (Å²) in [5, 5.41) is 3.12. The van der Waals surface area contributed by atoms with Gasteiger partial charge in [-0.05, 0) is 18.6 Å². The van der Waals surface area contributed by atoms with E-state index in [1.165, 1.54) is 6.07 Å². The third-order valence-corrected chi connectivity index (χ3v) is 3.09. The lowest BCUT2D eigenvalue weighted by Crippen LogP contribution is -2.18. The Balaban J connectivity index is 2.21. The van der Waals surface area contributed by atoms with Gasteiger partial charge in [0.1, 0.15) is 17.2 Å². The number of hydrogen-bond acceptors (Lipinski definition) is 3. The summed E-state index contributed by atoms with van der Waals surface area (Å²) in [6.45, 7) is 1.56. The maximum absolute atomic E-state index is 13.8. The van der Waals surface area contributed by atoms with Crippen LogP contribution in [0.2, 0.25) is 0 Å². The fourth-order valence-electron chi connectivity index (χ4n) is 2.24. The first-order valence-electron chi connectivity index (χ1n) is 5.85. The zero-order valence-electron chi connectivity index (χ0n) is 9.69. The maximum atomic E-state index is 13.8. The van der Waals surface area contributed by atoms with Crippen LogP contribution in [-0.4, -0.2) is 22.4 Å². The quantitative estimate of drug-likeness (QED) is 0.826. The van der Waals surface area contributed by atoms with E-state index in [0.29, 0.717) is 22.9 Å². The number of nitrogens with zero attached hydrogens (tertiary/aromatic N) is 2. The van der Waals surface area contributed by atoms with Gasteiger partial charge in [-0.25, -0.2) is 9.37 Å². The number of aldehydes is 1. The number of imidazole rings is 1. The fourth-order valence-corrected chi connectivity index (χ4v) is 2.24. The van der Waals surface area contributed by atoms with Crippen molar-refractivity contribution >= 4 is 12.2 Å². The van der Waals surface area contributed by atoms with Crippen LogP contribution in [0.4, 0.5) is 10.3 Å². The molecule has 2 heterocycles. The summed E-state index contributed by atoms with van der Waals surface area (Å²) in [5.74, 6) is 0.276. The molecule has 0 saturated heterocycles. The van der Waals surface area contributed by atoms with Crippen LogP contribution in [0.1, 0.15) is 16.9 Å². The van der Waals surface area contributed by atoms with Crippen molar-refractivity contribution in [1.82, 2.24) is 9.55 Å². The number of aromatic nitrogens is 2. The molecule has 3 rings (SSSR count). The van der Waals surface area contributed by atoms with Crippen molar-refractivity contribution in [3.8, 4) is 11.3 Å². The van der Waals surface area contributed by atoms with Crippen molar-refractivity contribution in [2.75, 3.05) is 11.9 Å². The molecule has 18 heavy (non-hydrogen) atoms. The first-order chi connectivity index (χ1) is 8.81. The smallest absolute Gasteiger partial charge is 0.203 e. The number of anilines is 1. The second-order valence-electron chi connectivity index (χ2n) is 4.20. The summed E-state index contributed by atoms with van der Waals surface area (Å²) in [7, 11) is 0. The first kappa shape index (κ1) is 11.0. The molecule has 0 atom stereocenters. The van der Waals surface area contributed by atoms with Gasteiger partial charge in [0, 0.05) is 18.7 Å². The van der Waals surface area contributed by atoms with Gasteiger partial charge >= 0.3 is 0 Å². The molecule has 0 saturated carbocycles. The number of benzene rings is 1. The summed E-state index contributed by atoms with van der Waals surface area (Å²) in [6.07, 6.45) is 1.67. The SMILES string of the molecule is O=Cc1c(-c2ccccc2F)nc2n1CCCN2. The highest BCUT2D eigenvalue weighted by molar-refractivity contribution is 5.85. The van der Waals surface area contributed by atoms with E-state index in [1.807, 2.05) is 0 Å². The Labute approximate surface area is 103 Å². The Kier molecular flexibility index (Phi) is 2.59. The molecule has 0 amide bonds. The van der Waals surface area contributed by atoms with Crippen molar-refractivity contribution < 1.29 is 9.18 Å². The Morgan fingerprint density at radius 1 is 1.39 bits per heavy atom. The monoisotopic (exact) mass is 245 g/mol. The Morgan fingerprint density at radius 2 is 2.22 bits per heavy atom. The molecule has 1 aromatic carbocycles. The summed E-state index contributed by atoms with van der Waals surface area (Å²) in [5.41, 5.74) is 1.21. The van der Waals surface area contributed by atoms with Crippen molar-refractivity contribution in [2.45, 2.75) is 13.0 Å². The standard InChI is InChI=1S/C13H12FN3O/c14-10-5-2-1-4-9(10)12-11(8-18)17-7-3-6-15-13(17)16-12/h1-2,4-5,8H,3,6-7H2,(H,15,16). The van der Waals surface area contributed by atoms with Crippen LogP contribution >= 0.6 is 0 Å². The van der Waals surface area contributed by atoms with E-state index >= 15 is 0 Å². The van der Waals surface area contributed by atoms with Crippen LogP contribution in [0, 0.1) is 5.82 Å². The number of rotatable bonds is 2. The zero-order chi connectivity index (χ0) is 12.5. The van der Waals surface area contributed by atoms with Crippen LogP contribution in [0.25, 0.3) is 11.3 Å². The van der Waals surface area contributed by atoms with Crippen molar-refractivity contribution in [3.63, 3.8) is 0 Å². The Morgan fingerprint density at radius 3 is 3.00 bits per heavy atom. The van der Waals surface area contributed by atoms with Crippen LogP contribution in [-0.2, 0) is 6.54 Å². The molecule has 0 unspecified atom stereocenters. The van der Waals surface area contributed by atoms with Gasteiger partial charge in [-0.2, -0.15) is 0 Å². The van der Waals surface area contributed by atoms with E-state index in [-0.39, 0.29) is 5.82 Å². The molecule has 1 N–H and O–H groups in total. The van der Waals surface area contributed by atoms with Crippen LogP contribution in [0.15, 0.2) is 24.3 Å². The minimum absolute atomic E-state index is 0.364. The third kappa shape index (κ3) is 1.59. The summed E-state index contributed by atoms with van der Waals surface area (Å²) in [6, 6.07) is 6.36. The lowest BCUT2D eigenvalue weighted by Gasteiger charge is -2.15. The summed E-state index contributed by atoms with van der Waals surface area (Å²) in [4.78, 5) is 15.6. The average molecular weight is 245 g/mol. The topological polar surface area (TPSA) is 46.9 Å². The molecule has 0 fully saturated rings. The van der Waals surface area contributed by atoms with Gasteiger partial charge in [0.15, 0.2) is 6.29 Å². The number of hydrogen-bond donors (Lipinski definition) is 1. The van der Waals surface area contributed by atoms with E-state index in [9.17, 15) is 9.18 Å². The van der Waals surface area contributed by atoms with Crippen molar-refractivity contribution in [2.24, 2.45) is 0 Å². The molecule has 0 radical (unpaired) electrons. The number of carbonyl (C=O) groups excluding carboxylic acids is 1. The molecule has 2 aromatic rings. The Bertz CT molecular complexity index is 606. The minimum atomic E-state index is -0.365. The highest BCUT2D eigenvalue weighted by Crippen LogP contribution is 2.28. The fraction of sp³-hybridized carbons (Fsp3) is 0.231. The second-order valence-corrected chi connectivity index (χ2v) is 4.20. The largest absolute Gasteiger partial charge is 0.356 e. The normalized spacial score (nSPS) is 13.8. The van der Waals surface area contributed by atoms with Crippen molar-refractivity contribution in [1.29, 1.82) is 0 Å². The lowest BCUT2D eigenvalue weighted by atomic mass is 10.1. The van der Waals surface area contributed by atoms with E-state index in [4.69, 9.17) is 0 Å². The number of halogens is 1. The number of fused-ring (bicyclic) bond motifs is 1. The molecule has 1 aromatic heterocycles. The highest BCUT2D eigenvalue weighted by Gasteiger charge is 2.21. The highest BCUT2D eigenvalue weighted by atomic mass is 19.1. The molecule has 5 heteroatoms. The van der Waals surface area contributed by atoms with Crippen LogP contribution in [0.5, 0.6) is 0 Å². The van der Waals surface area contributed by atoms with E-state index < -0.39 is 0 Å². The van der Waals surface area contributed by atoms with Crippen LogP contribution < -0.4 is 5.32 Å².